The second-order valence-electron chi connectivity index (χ2n) is 6.84. The van der Waals surface area contributed by atoms with E-state index in [0.717, 1.165) is 24.8 Å². The lowest BCUT2D eigenvalue weighted by Crippen LogP contribution is -2.29. The molecule has 0 saturated carbocycles. The summed E-state index contributed by atoms with van der Waals surface area (Å²) in [5.41, 5.74) is 2.88. The van der Waals surface area contributed by atoms with Gasteiger partial charge in [0.1, 0.15) is 4.32 Å². The number of nitrogens with zero attached hydrogens (tertiary/aromatic N) is 2. The molecule has 7 heteroatoms. The van der Waals surface area contributed by atoms with Gasteiger partial charge in [-0.1, -0.05) is 60.2 Å². The first kappa shape index (κ1) is 21.2. The molecular weight excluding hydrogens is 402 g/mol. The first-order valence-electron chi connectivity index (χ1n) is 9.55. The quantitative estimate of drug-likeness (QED) is 0.374. The molecular formula is C22H23N3O2S2. The fourth-order valence-corrected chi connectivity index (χ4v) is 4.21. The summed E-state index contributed by atoms with van der Waals surface area (Å²) in [4.78, 5) is 30.9. The largest absolute Gasteiger partial charge is 0.325 e. The number of aryl methyl sites for hydroxylation is 1. The van der Waals surface area contributed by atoms with Crippen LogP contribution in [0.4, 0.5) is 5.69 Å². The molecule has 1 aliphatic heterocycles. The van der Waals surface area contributed by atoms with E-state index in [0.29, 0.717) is 27.9 Å². The zero-order valence-corrected chi connectivity index (χ0v) is 17.9. The Hall–Kier alpha value is -2.51. The van der Waals surface area contributed by atoms with E-state index in [2.05, 4.69) is 10.3 Å². The number of thiocarbonyl (C=S) groups is 1. The number of rotatable bonds is 8. The average molecular weight is 426 g/mol. The molecule has 1 fully saturated rings. The van der Waals surface area contributed by atoms with E-state index in [9.17, 15) is 9.59 Å². The molecule has 1 aliphatic rings. The maximum Gasteiger partial charge on any atom is 0.266 e. The Bertz CT molecular complexity index is 911. The molecule has 0 atom stereocenters. The van der Waals surface area contributed by atoms with Gasteiger partial charge in [0.15, 0.2) is 0 Å². The highest BCUT2D eigenvalue weighted by molar-refractivity contribution is 8.26. The van der Waals surface area contributed by atoms with Gasteiger partial charge >= 0.3 is 0 Å². The molecule has 1 aromatic carbocycles. The fraction of sp³-hybridized carbons (Fsp3) is 0.273. The summed E-state index contributed by atoms with van der Waals surface area (Å²) < 4.78 is 0.600. The van der Waals surface area contributed by atoms with E-state index in [4.69, 9.17) is 12.2 Å². The SMILES string of the molecule is Cc1ccc(C=C2SC(=S)N(CCCCCC(=O)Nc3cccnc3)C2=O)cc1. The zero-order chi connectivity index (χ0) is 20.6. The molecule has 2 heterocycles. The van der Waals surface area contributed by atoms with Crippen molar-refractivity contribution < 1.29 is 9.59 Å². The van der Waals surface area contributed by atoms with Gasteiger partial charge in [-0.15, -0.1) is 0 Å². The van der Waals surface area contributed by atoms with Crippen LogP contribution < -0.4 is 5.32 Å². The Balaban J connectivity index is 1.41. The van der Waals surface area contributed by atoms with Crippen LogP contribution in [0.1, 0.15) is 36.8 Å². The molecule has 1 saturated heterocycles. The van der Waals surface area contributed by atoms with Crippen molar-refractivity contribution in [3.8, 4) is 0 Å². The second-order valence-corrected chi connectivity index (χ2v) is 8.52. The van der Waals surface area contributed by atoms with E-state index in [1.807, 2.05) is 43.3 Å². The smallest absolute Gasteiger partial charge is 0.266 e. The Labute approximate surface area is 180 Å². The van der Waals surface area contributed by atoms with Crippen molar-refractivity contribution in [3.05, 3.63) is 64.8 Å². The van der Waals surface area contributed by atoms with E-state index in [-0.39, 0.29) is 11.8 Å². The van der Waals surface area contributed by atoms with Crippen LogP contribution in [0.5, 0.6) is 0 Å². The number of hydrogen-bond donors (Lipinski definition) is 1. The van der Waals surface area contributed by atoms with Crippen molar-refractivity contribution in [2.75, 3.05) is 11.9 Å². The van der Waals surface area contributed by atoms with E-state index in [1.54, 1.807) is 23.4 Å². The van der Waals surface area contributed by atoms with Crippen LogP contribution in [-0.2, 0) is 9.59 Å². The molecule has 5 nitrogen and oxygen atoms in total. The van der Waals surface area contributed by atoms with E-state index < -0.39 is 0 Å². The molecule has 0 unspecified atom stereocenters. The summed E-state index contributed by atoms with van der Waals surface area (Å²) in [5.74, 6) is -0.0560. The minimum atomic E-state index is -0.0325. The molecule has 2 amide bonds. The van der Waals surface area contributed by atoms with Gasteiger partial charge in [0.05, 0.1) is 16.8 Å². The van der Waals surface area contributed by atoms with Gasteiger partial charge in [0.2, 0.25) is 5.91 Å². The number of thioether (sulfide) groups is 1. The maximum absolute atomic E-state index is 12.6. The van der Waals surface area contributed by atoms with Crippen molar-refractivity contribution in [2.24, 2.45) is 0 Å². The van der Waals surface area contributed by atoms with Gasteiger partial charge in [-0.2, -0.15) is 0 Å². The topological polar surface area (TPSA) is 62.3 Å². The Morgan fingerprint density at radius 1 is 1.21 bits per heavy atom. The van der Waals surface area contributed by atoms with E-state index >= 15 is 0 Å². The number of hydrogen-bond acceptors (Lipinski definition) is 5. The summed E-state index contributed by atoms with van der Waals surface area (Å²) in [5, 5.41) is 2.82. The van der Waals surface area contributed by atoms with Gasteiger partial charge in [0, 0.05) is 19.2 Å². The van der Waals surface area contributed by atoms with Gasteiger partial charge in [-0.05, 0) is 43.5 Å². The summed E-state index contributed by atoms with van der Waals surface area (Å²) in [7, 11) is 0. The highest BCUT2D eigenvalue weighted by Gasteiger charge is 2.31. The average Bonchev–Trinajstić information content (AvgIpc) is 2.97. The standard InChI is InChI=1S/C22H23N3O2S2/c1-16-8-10-17(11-9-16)14-19-21(27)25(22(28)29-19)13-4-2-3-7-20(26)24-18-6-5-12-23-15-18/h5-6,8-12,14-15H,2-4,7,13H2,1H3,(H,24,26). The van der Waals surface area contributed by atoms with Gasteiger partial charge in [-0.3, -0.25) is 19.5 Å². The Morgan fingerprint density at radius 3 is 2.72 bits per heavy atom. The first-order valence-corrected chi connectivity index (χ1v) is 10.8. The molecule has 0 spiro atoms. The predicted octanol–water partition coefficient (Wildman–Crippen LogP) is 4.79. The van der Waals surface area contributed by atoms with Crippen molar-refractivity contribution in [3.63, 3.8) is 0 Å². The third-order valence-electron chi connectivity index (χ3n) is 4.48. The number of aromatic nitrogens is 1. The molecule has 2 aromatic rings. The normalized spacial score (nSPS) is 15.2. The third-order valence-corrected chi connectivity index (χ3v) is 5.86. The molecule has 1 N–H and O–H groups in total. The first-order chi connectivity index (χ1) is 14.0. The van der Waals surface area contributed by atoms with Crippen LogP contribution in [0.3, 0.4) is 0 Å². The third kappa shape index (κ3) is 6.24. The number of amides is 2. The molecule has 150 valence electrons. The minimum Gasteiger partial charge on any atom is -0.325 e. The molecule has 0 radical (unpaired) electrons. The van der Waals surface area contributed by atoms with Crippen LogP contribution in [0, 0.1) is 6.92 Å². The van der Waals surface area contributed by atoms with Crippen molar-refractivity contribution >= 4 is 51.9 Å². The van der Waals surface area contributed by atoms with Crippen LogP contribution >= 0.6 is 24.0 Å². The number of nitrogens with one attached hydrogen (secondary N) is 1. The summed E-state index contributed by atoms with van der Waals surface area (Å²) in [6.07, 6.45) is 8.05. The number of anilines is 1. The summed E-state index contributed by atoms with van der Waals surface area (Å²) in [6, 6.07) is 11.6. The molecule has 29 heavy (non-hydrogen) atoms. The van der Waals surface area contributed by atoms with Crippen molar-refractivity contribution in [1.29, 1.82) is 0 Å². The Morgan fingerprint density at radius 2 is 2.00 bits per heavy atom. The Kier molecular flexibility index (Phi) is 7.55. The van der Waals surface area contributed by atoms with E-state index in [1.165, 1.54) is 17.3 Å². The summed E-state index contributed by atoms with van der Waals surface area (Å²) >= 11 is 6.73. The number of pyridine rings is 1. The number of unbranched alkanes of at least 4 members (excludes halogenated alkanes) is 2. The summed E-state index contributed by atoms with van der Waals surface area (Å²) in [6.45, 7) is 2.62. The van der Waals surface area contributed by atoms with Crippen LogP contribution in [0.2, 0.25) is 0 Å². The second kappa shape index (κ2) is 10.3. The molecule has 0 aliphatic carbocycles. The highest BCUT2D eigenvalue weighted by Crippen LogP contribution is 2.32. The van der Waals surface area contributed by atoms with Gasteiger partial charge < -0.3 is 5.32 Å². The highest BCUT2D eigenvalue weighted by atomic mass is 32.2. The number of carbonyl (C=O) groups is 2. The minimum absolute atomic E-state index is 0.0235. The fourth-order valence-electron chi connectivity index (χ4n) is 2.90. The number of carbonyl (C=O) groups excluding carboxylic acids is 2. The van der Waals surface area contributed by atoms with Crippen molar-refractivity contribution in [2.45, 2.75) is 32.6 Å². The van der Waals surface area contributed by atoms with Crippen LogP contribution in [0.15, 0.2) is 53.7 Å². The monoisotopic (exact) mass is 425 g/mol. The van der Waals surface area contributed by atoms with Crippen LogP contribution in [-0.4, -0.2) is 32.6 Å². The van der Waals surface area contributed by atoms with Gasteiger partial charge in [-0.25, -0.2) is 0 Å². The number of benzene rings is 1. The lowest BCUT2D eigenvalue weighted by atomic mass is 10.1. The van der Waals surface area contributed by atoms with Crippen LogP contribution in [0.25, 0.3) is 6.08 Å². The lowest BCUT2D eigenvalue weighted by molar-refractivity contribution is -0.122. The lowest BCUT2D eigenvalue weighted by Gasteiger charge is -2.14. The zero-order valence-electron chi connectivity index (χ0n) is 16.3. The maximum atomic E-state index is 12.6. The van der Waals surface area contributed by atoms with Gasteiger partial charge in [0.25, 0.3) is 5.91 Å². The molecule has 1 aromatic heterocycles. The predicted molar refractivity (Wildman–Crippen MR) is 122 cm³/mol. The molecule has 0 bridgehead atoms. The molecule has 3 rings (SSSR count). The van der Waals surface area contributed by atoms with Crippen molar-refractivity contribution in [1.82, 2.24) is 9.88 Å².